The van der Waals surface area contributed by atoms with Gasteiger partial charge in [0, 0.05) is 10.9 Å². The lowest BCUT2D eigenvalue weighted by Crippen LogP contribution is -2.39. The number of halogens is 2. The fraction of sp³-hybridized carbons (Fsp3) is 0.462. The van der Waals surface area contributed by atoms with Crippen molar-refractivity contribution in [2.75, 3.05) is 19.0 Å². The van der Waals surface area contributed by atoms with E-state index in [9.17, 15) is 4.79 Å². The predicted octanol–water partition coefficient (Wildman–Crippen LogP) is 3.10. The molecule has 1 rings (SSSR count). The van der Waals surface area contributed by atoms with Gasteiger partial charge in [0.05, 0.1) is 12.0 Å². The normalized spacial score (nSPS) is 11.1. The summed E-state index contributed by atoms with van der Waals surface area (Å²) in [4.78, 5) is 11.7. The summed E-state index contributed by atoms with van der Waals surface area (Å²) in [6, 6.07) is 7.08. The number of amides is 1. The van der Waals surface area contributed by atoms with Gasteiger partial charge in [-0.3, -0.25) is 4.79 Å². The molecule has 1 N–H and O–H groups in total. The van der Waals surface area contributed by atoms with Crippen molar-refractivity contribution in [3.63, 3.8) is 0 Å². The second kappa shape index (κ2) is 6.86. The summed E-state index contributed by atoms with van der Waals surface area (Å²) in [5, 5.41) is 3.45. The monoisotopic (exact) mass is 289 g/mol. The van der Waals surface area contributed by atoms with Crippen LogP contribution in [0.2, 0.25) is 5.02 Å². The fourth-order valence-electron chi connectivity index (χ4n) is 1.16. The van der Waals surface area contributed by atoms with Crippen LogP contribution in [0.5, 0.6) is 5.75 Å². The van der Waals surface area contributed by atoms with Crippen molar-refractivity contribution >= 4 is 29.1 Å². The van der Waals surface area contributed by atoms with Gasteiger partial charge in [-0.05, 0) is 38.1 Å². The molecule has 1 amide bonds. The quantitative estimate of drug-likeness (QED) is 0.646. The van der Waals surface area contributed by atoms with Crippen molar-refractivity contribution in [3.8, 4) is 5.75 Å². The molecule has 0 radical (unpaired) electrons. The van der Waals surface area contributed by atoms with E-state index in [2.05, 4.69) is 5.32 Å². The molecule has 0 aliphatic carbocycles. The second-order valence-electron chi connectivity index (χ2n) is 4.58. The average molecular weight is 290 g/mol. The van der Waals surface area contributed by atoms with Crippen molar-refractivity contribution in [1.29, 1.82) is 0 Å². The van der Waals surface area contributed by atoms with Crippen LogP contribution in [0.25, 0.3) is 0 Å². The first-order valence-corrected chi connectivity index (χ1v) is 6.59. The van der Waals surface area contributed by atoms with Gasteiger partial charge in [0.15, 0.2) is 0 Å². The minimum atomic E-state index is -0.554. The zero-order valence-corrected chi connectivity index (χ0v) is 12.0. The Kier molecular flexibility index (Phi) is 5.76. The number of ether oxygens (including phenoxy) is 1. The van der Waals surface area contributed by atoms with Gasteiger partial charge in [-0.1, -0.05) is 11.6 Å². The molecular weight excluding hydrogens is 273 g/mol. The maximum absolute atomic E-state index is 11.7. The van der Waals surface area contributed by atoms with Crippen LogP contribution in [-0.2, 0) is 4.79 Å². The lowest BCUT2D eigenvalue weighted by atomic mass is 9.95. The summed E-state index contributed by atoms with van der Waals surface area (Å²) >= 11 is 11.5. The van der Waals surface area contributed by atoms with E-state index in [0.29, 0.717) is 18.2 Å². The van der Waals surface area contributed by atoms with Crippen LogP contribution in [0.15, 0.2) is 24.3 Å². The molecule has 0 heterocycles. The van der Waals surface area contributed by atoms with Crippen LogP contribution in [0.4, 0.5) is 0 Å². The standard InChI is InChI=1S/C13H17Cl2NO2/c1-13(2,9-14)12(17)16-7-8-18-11-5-3-10(15)4-6-11/h3-6H,7-9H2,1-2H3,(H,16,17). The highest BCUT2D eigenvalue weighted by atomic mass is 35.5. The summed E-state index contributed by atoms with van der Waals surface area (Å²) < 4.78 is 5.45. The molecule has 0 unspecified atom stereocenters. The average Bonchev–Trinajstić information content (AvgIpc) is 2.36. The lowest BCUT2D eigenvalue weighted by molar-refractivity contribution is -0.128. The van der Waals surface area contributed by atoms with Crippen molar-refractivity contribution < 1.29 is 9.53 Å². The van der Waals surface area contributed by atoms with Gasteiger partial charge in [-0.2, -0.15) is 0 Å². The van der Waals surface area contributed by atoms with Crippen LogP contribution in [-0.4, -0.2) is 24.9 Å². The number of hydrogen-bond acceptors (Lipinski definition) is 2. The maximum atomic E-state index is 11.7. The number of benzene rings is 1. The first-order chi connectivity index (χ1) is 8.45. The van der Waals surface area contributed by atoms with Crippen LogP contribution in [0, 0.1) is 5.41 Å². The first-order valence-electron chi connectivity index (χ1n) is 5.68. The molecular formula is C13H17Cl2NO2. The van der Waals surface area contributed by atoms with E-state index in [4.69, 9.17) is 27.9 Å². The highest BCUT2D eigenvalue weighted by Crippen LogP contribution is 2.17. The van der Waals surface area contributed by atoms with Gasteiger partial charge < -0.3 is 10.1 Å². The van der Waals surface area contributed by atoms with E-state index < -0.39 is 5.41 Å². The molecule has 100 valence electrons. The minimum absolute atomic E-state index is 0.0720. The van der Waals surface area contributed by atoms with Gasteiger partial charge in [0.25, 0.3) is 0 Å². The van der Waals surface area contributed by atoms with E-state index in [0.717, 1.165) is 5.75 Å². The van der Waals surface area contributed by atoms with Crippen LogP contribution >= 0.6 is 23.2 Å². The second-order valence-corrected chi connectivity index (χ2v) is 5.28. The number of rotatable bonds is 6. The molecule has 0 atom stereocenters. The Balaban J connectivity index is 2.27. The van der Waals surface area contributed by atoms with Crippen molar-refractivity contribution in [3.05, 3.63) is 29.3 Å². The number of carbonyl (C=O) groups is 1. The SMILES string of the molecule is CC(C)(CCl)C(=O)NCCOc1ccc(Cl)cc1. The molecule has 0 saturated heterocycles. The summed E-state index contributed by atoms with van der Waals surface area (Å²) in [6.07, 6.45) is 0. The van der Waals surface area contributed by atoms with Gasteiger partial charge in [0.1, 0.15) is 12.4 Å². The van der Waals surface area contributed by atoms with Gasteiger partial charge >= 0.3 is 0 Å². The largest absolute Gasteiger partial charge is 0.492 e. The highest BCUT2D eigenvalue weighted by Gasteiger charge is 2.25. The Hall–Kier alpha value is -0.930. The van der Waals surface area contributed by atoms with E-state index in [1.165, 1.54) is 0 Å². The summed E-state index contributed by atoms with van der Waals surface area (Å²) in [7, 11) is 0. The molecule has 0 aromatic heterocycles. The molecule has 1 aromatic carbocycles. The smallest absolute Gasteiger partial charge is 0.226 e. The topological polar surface area (TPSA) is 38.3 Å². The van der Waals surface area contributed by atoms with E-state index in [-0.39, 0.29) is 11.8 Å². The van der Waals surface area contributed by atoms with Crippen molar-refractivity contribution in [1.82, 2.24) is 5.32 Å². The van der Waals surface area contributed by atoms with Crippen LogP contribution < -0.4 is 10.1 Å². The van der Waals surface area contributed by atoms with Gasteiger partial charge in [0.2, 0.25) is 5.91 Å². The zero-order chi connectivity index (χ0) is 13.6. The first kappa shape index (κ1) is 15.1. The van der Waals surface area contributed by atoms with Crippen molar-refractivity contribution in [2.45, 2.75) is 13.8 Å². The van der Waals surface area contributed by atoms with Crippen LogP contribution in [0.3, 0.4) is 0 Å². The third-order valence-electron chi connectivity index (χ3n) is 2.42. The Morgan fingerprint density at radius 1 is 1.33 bits per heavy atom. The lowest BCUT2D eigenvalue weighted by Gasteiger charge is -2.20. The van der Waals surface area contributed by atoms with E-state index in [1.807, 2.05) is 0 Å². The molecule has 0 fully saturated rings. The maximum Gasteiger partial charge on any atom is 0.226 e. The zero-order valence-electron chi connectivity index (χ0n) is 10.5. The molecule has 18 heavy (non-hydrogen) atoms. The summed E-state index contributed by atoms with van der Waals surface area (Å²) in [5.74, 6) is 0.944. The Bertz CT molecular complexity index is 390. The Morgan fingerprint density at radius 2 is 1.94 bits per heavy atom. The Labute approximate surface area is 117 Å². The number of hydrogen-bond donors (Lipinski definition) is 1. The van der Waals surface area contributed by atoms with Gasteiger partial charge in [-0.25, -0.2) is 0 Å². The summed E-state index contributed by atoms with van der Waals surface area (Å²) in [6.45, 7) is 4.46. The minimum Gasteiger partial charge on any atom is -0.492 e. The van der Waals surface area contributed by atoms with Crippen LogP contribution in [0.1, 0.15) is 13.8 Å². The Morgan fingerprint density at radius 3 is 2.50 bits per heavy atom. The molecule has 5 heteroatoms. The third kappa shape index (κ3) is 4.75. The number of carbonyl (C=O) groups excluding carboxylic acids is 1. The fourth-order valence-corrected chi connectivity index (χ4v) is 1.41. The van der Waals surface area contributed by atoms with Gasteiger partial charge in [-0.15, -0.1) is 11.6 Å². The third-order valence-corrected chi connectivity index (χ3v) is 3.34. The summed E-state index contributed by atoms with van der Waals surface area (Å²) in [5.41, 5.74) is -0.554. The molecule has 1 aromatic rings. The number of alkyl halides is 1. The highest BCUT2D eigenvalue weighted by molar-refractivity contribution is 6.30. The predicted molar refractivity (Wildman–Crippen MR) is 74.5 cm³/mol. The van der Waals surface area contributed by atoms with E-state index >= 15 is 0 Å². The molecule has 0 saturated carbocycles. The molecule has 0 spiro atoms. The molecule has 0 aliphatic heterocycles. The molecule has 3 nitrogen and oxygen atoms in total. The van der Waals surface area contributed by atoms with E-state index in [1.54, 1.807) is 38.1 Å². The molecule has 0 aliphatic rings. The van der Waals surface area contributed by atoms with Crippen molar-refractivity contribution in [2.24, 2.45) is 5.41 Å². The number of nitrogens with one attached hydrogen (secondary N) is 1. The molecule has 0 bridgehead atoms.